The quantitative estimate of drug-likeness (QED) is 0.696. The Balaban J connectivity index is 2.43. The first kappa shape index (κ1) is 15.9. The molecule has 0 bridgehead atoms. The van der Waals surface area contributed by atoms with Crippen LogP contribution in [0.15, 0.2) is 24.3 Å². The van der Waals surface area contributed by atoms with E-state index in [1.54, 1.807) is 0 Å². The molecular weight excluding hydrogens is 236 g/mol. The van der Waals surface area contributed by atoms with Crippen molar-refractivity contribution in [2.75, 3.05) is 13.2 Å². The van der Waals surface area contributed by atoms with E-state index in [1.807, 2.05) is 0 Å². The molecule has 1 aromatic carbocycles. The van der Waals surface area contributed by atoms with Crippen LogP contribution in [-0.2, 0) is 21.4 Å². The molecule has 1 aromatic rings. The molecule has 2 nitrogen and oxygen atoms in total. The smallest absolute Gasteiger partial charge is 0.139 e. The van der Waals surface area contributed by atoms with Gasteiger partial charge in [0.25, 0.3) is 0 Å². The van der Waals surface area contributed by atoms with E-state index in [4.69, 9.17) is 4.74 Å². The summed E-state index contributed by atoms with van der Waals surface area (Å²) in [6.07, 6.45) is 2.03. The molecule has 1 rings (SSSR count). The monoisotopic (exact) mass is 262 g/mol. The first-order valence-corrected chi connectivity index (χ1v) is 7.12. The fourth-order valence-corrected chi connectivity index (χ4v) is 1.87. The number of ketones is 1. The molecule has 2 heteroatoms. The molecule has 0 saturated heterocycles. The Labute approximate surface area is 117 Å². The third-order valence-electron chi connectivity index (χ3n) is 3.09. The van der Waals surface area contributed by atoms with Gasteiger partial charge in [0.15, 0.2) is 0 Å². The minimum absolute atomic E-state index is 0.163. The Bertz CT molecular complexity index is 385. The molecule has 0 aliphatic rings. The zero-order valence-corrected chi connectivity index (χ0v) is 12.7. The van der Waals surface area contributed by atoms with Crippen LogP contribution in [0.25, 0.3) is 0 Å². The summed E-state index contributed by atoms with van der Waals surface area (Å²) in [6, 6.07) is 8.36. The van der Waals surface area contributed by atoms with Gasteiger partial charge in [0.05, 0.1) is 6.61 Å². The lowest BCUT2D eigenvalue weighted by Gasteiger charge is -2.19. The maximum absolute atomic E-state index is 11.8. The number of hydrogen-bond donors (Lipinski definition) is 0. The van der Waals surface area contributed by atoms with E-state index in [9.17, 15) is 4.79 Å². The number of carbonyl (C=O) groups is 1. The number of carbonyl (C=O) groups excluding carboxylic acids is 1. The van der Waals surface area contributed by atoms with Crippen molar-refractivity contribution in [2.24, 2.45) is 0 Å². The van der Waals surface area contributed by atoms with Crippen molar-refractivity contribution in [1.29, 1.82) is 0 Å². The first-order valence-electron chi connectivity index (χ1n) is 7.12. The van der Waals surface area contributed by atoms with E-state index in [-0.39, 0.29) is 11.2 Å². The lowest BCUT2D eigenvalue weighted by atomic mass is 9.86. The predicted octanol–water partition coefficient (Wildman–Crippen LogP) is 3.91. The highest BCUT2D eigenvalue weighted by atomic mass is 16.5. The van der Waals surface area contributed by atoms with Gasteiger partial charge in [0.2, 0.25) is 0 Å². The Morgan fingerprint density at radius 3 is 2.26 bits per heavy atom. The number of benzene rings is 1. The molecule has 0 heterocycles. The molecular formula is C17H26O2. The van der Waals surface area contributed by atoms with E-state index in [1.165, 1.54) is 5.56 Å². The van der Waals surface area contributed by atoms with Crippen molar-refractivity contribution >= 4 is 5.78 Å². The van der Waals surface area contributed by atoms with Crippen molar-refractivity contribution in [3.05, 3.63) is 35.4 Å². The standard InChI is InChI=1S/C17H26O2/c1-5-11-19-12-10-16(18)13-14-6-8-15(9-7-14)17(2,3)4/h6-9H,5,10-13H2,1-4H3. The van der Waals surface area contributed by atoms with Crippen LogP contribution in [0.1, 0.15) is 51.7 Å². The molecule has 0 saturated carbocycles. The predicted molar refractivity (Wildman–Crippen MR) is 79.6 cm³/mol. The Morgan fingerprint density at radius 1 is 1.11 bits per heavy atom. The Morgan fingerprint density at radius 2 is 1.74 bits per heavy atom. The fourth-order valence-electron chi connectivity index (χ4n) is 1.87. The van der Waals surface area contributed by atoms with Gasteiger partial charge in [-0.2, -0.15) is 0 Å². The molecule has 0 aliphatic carbocycles. The van der Waals surface area contributed by atoms with Crippen LogP contribution in [0, 0.1) is 0 Å². The average Bonchev–Trinajstić information content (AvgIpc) is 2.34. The van der Waals surface area contributed by atoms with Crippen LogP contribution in [-0.4, -0.2) is 19.0 Å². The summed E-state index contributed by atoms with van der Waals surface area (Å²) in [5.74, 6) is 0.250. The molecule has 0 unspecified atom stereocenters. The molecule has 0 spiro atoms. The highest BCUT2D eigenvalue weighted by Gasteiger charge is 2.13. The minimum atomic E-state index is 0.163. The molecule has 0 aliphatic heterocycles. The fraction of sp³-hybridized carbons (Fsp3) is 0.588. The van der Waals surface area contributed by atoms with E-state index in [0.29, 0.717) is 19.4 Å². The molecule has 19 heavy (non-hydrogen) atoms. The first-order chi connectivity index (χ1) is 8.93. The maximum Gasteiger partial charge on any atom is 0.139 e. The van der Waals surface area contributed by atoms with Gasteiger partial charge in [-0.3, -0.25) is 4.79 Å². The Kier molecular flexibility index (Phi) is 6.23. The summed E-state index contributed by atoms with van der Waals surface area (Å²) >= 11 is 0. The summed E-state index contributed by atoms with van der Waals surface area (Å²) < 4.78 is 5.33. The van der Waals surface area contributed by atoms with Crippen molar-refractivity contribution in [2.45, 2.75) is 52.4 Å². The van der Waals surface area contributed by atoms with E-state index in [2.05, 4.69) is 52.0 Å². The van der Waals surface area contributed by atoms with Gasteiger partial charge in [-0.25, -0.2) is 0 Å². The molecule has 0 amide bonds. The normalized spacial score (nSPS) is 11.6. The molecule has 106 valence electrons. The third-order valence-corrected chi connectivity index (χ3v) is 3.09. The molecule has 0 radical (unpaired) electrons. The second-order valence-electron chi connectivity index (χ2n) is 6.02. The zero-order valence-electron chi connectivity index (χ0n) is 12.7. The highest BCUT2D eigenvalue weighted by Crippen LogP contribution is 2.22. The Hall–Kier alpha value is -1.15. The minimum Gasteiger partial charge on any atom is -0.381 e. The SMILES string of the molecule is CCCOCCC(=O)Cc1ccc(C(C)(C)C)cc1. The van der Waals surface area contributed by atoms with Gasteiger partial charge in [0, 0.05) is 19.4 Å². The largest absolute Gasteiger partial charge is 0.381 e. The van der Waals surface area contributed by atoms with E-state index < -0.39 is 0 Å². The van der Waals surface area contributed by atoms with Gasteiger partial charge in [0.1, 0.15) is 5.78 Å². The summed E-state index contributed by atoms with van der Waals surface area (Å²) in [6.45, 7) is 9.94. The van der Waals surface area contributed by atoms with Crippen LogP contribution in [0.2, 0.25) is 0 Å². The van der Waals surface area contributed by atoms with Gasteiger partial charge >= 0.3 is 0 Å². The third kappa shape index (κ3) is 6.02. The molecule has 0 aromatic heterocycles. The maximum atomic E-state index is 11.8. The summed E-state index contributed by atoms with van der Waals surface area (Å²) in [5.41, 5.74) is 2.56. The van der Waals surface area contributed by atoms with Crippen LogP contribution in [0.3, 0.4) is 0 Å². The van der Waals surface area contributed by atoms with E-state index >= 15 is 0 Å². The summed E-state index contributed by atoms with van der Waals surface area (Å²) in [5, 5.41) is 0. The van der Waals surface area contributed by atoms with Crippen molar-refractivity contribution < 1.29 is 9.53 Å². The topological polar surface area (TPSA) is 26.3 Å². The molecule has 0 N–H and O–H groups in total. The number of rotatable bonds is 7. The highest BCUT2D eigenvalue weighted by molar-refractivity contribution is 5.80. The van der Waals surface area contributed by atoms with Crippen LogP contribution >= 0.6 is 0 Å². The summed E-state index contributed by atoms with van der Waals surface area (Å²) in [7, 11) is 0. The lowest BCUT2D eigenvalue weighted by Crippen LogP contribution is -2.11. The van der Waals surface area contributed by atoms with Crippen molar-refractivity contribution in [3.63, 3.8) is 0 Å². The number of Topliss-reactive ketones (excluding diaryl/α,β-unsaturated/α-hetero) is 1. The zero-order chi connectivity index (χ0) is 14.3. The molecule has 0 atom stereocenters. The van der Waals surface area contributed by atoms with Crippen LogP contribution in [0.5, 0.6) is 0 Å². The van der Waals surface area contributed by atoms with Gasteiger partial charge in [-0.05, 0) is 23.0 Å². The number of ether oxygens (including phenoxy) is 1. The second kappa shape index (κ2) is 7.44. The molecule has 0 fully saturated rings. The van der Waals surface area contributed by atoms with Gasteiger partial charge in [-0.15, -0.1) is 0 Å². The lowest BCUT2D eigenvalue weighted by molar-refractivity contribution is -0.119. The van der Waals surface area contributed by atoms with Crippen molar-refractivity contribution in [1.82, 2.24) is 0 Å². The van der Waals surface area contributed by atoms with Crippen molar-refractivity contribution in [3.8, 4) is 0 Å². The van der Waals surface area contributed by atoms with Crippen LogP contribution < -0.4 is 0 Å². The van der Waals surface area contributed by atoms with Gasteiger partial charge < -0.3 is 4.74 Å². The van der Waals surface area contributed by atoms with Gasteiger partial charge in [-0.1, -0.05) is 52.0 Å². The average molecular weight is 262 g/mol. The van der Waals surface area contributed by atoms with E-state index in [0.717, 1.165) is 18.6 Å². The second-order valence-corrected chi connectivity index (χ2v) is 6.02. The summed E-state index contributed by atoms with van der Waals surface area (Å²) in [4.78, 5) is 11.8. The van der Waals surface area contributed by atoms with Crippen LogP contribution in [0.4, 0.5) is 0 Å². The number of hydrogen-bond acceptors (Lipinski definition) is 2.